The fraction of sp³-hybridized carbons (Fsp3) is 0.667. The molecule has 1 aliphatic heterocycles. The maximum atomic E-state index is 5.99. The molecule has 1 saturated heterocycles. The molecule has 2 heterocycles. The van der Waals surface area contributed by atoms with E-state index in [1.54, 1.807) is 0 Å². The van der Waals surface area contributed by atoms with Crippen LogP contribution in [0.25, 0.3) is 0 Å². The molecule has 6 nitrogen and oxygen atoms in total. The molecule has 1 fully saturated rings. The van der Waals surface area contributed by atoms with Crippen LogP contribution in [0.15, 0.2) is 6.33 Å². The van der Waals surface area contributed by atoms with Gasteiger partial charge in [0.05, 0.1) is 19.3 Å². The minimum atomic E-state index is 0.259. The van der Waals surface area contributed by atoms with Crippen LogP contribution in [-0.4, -0.2) is 35.8 Å². The number of nitrogens with two attached hydrogens (primary N) is 1. The minimum Gasteiger partial charge on any atom is -0.476 e. The number of aromatic nitrogens is 2. The third-order valence-corrected chi connectivity index (χ3v) is 2.79. The zero-order valence-corrected chi connectivity index (χ0v) is 10.7. The molecule has 6 heteroatoms. The highest BCUT2D eigenvalue weighted by Crippen LogP contribution is 2.26. The molecule has 3 N–H and O–H groups in total. The summed E-state index contributed by atoms with van der Waals surface area (Å²) in [6.07, 6.45) is 4.51. The molecular weight excluding hydrogens is 232 g/mol. The molecule has 100 valence electrons. The van der Waals surface area contributed by atoms with Crippen LogP contribution in [0, 0.1) is 0 Å². The van der Waals surface area contributed by atoms with Crippen molar-refractivity contribution in [1.29, 1.82) is 0 Å². The van der Waals surface area contributed by atoms with Crippen LogP contribution in [0.4, 0.5) is 11.5 Å². The Labute approximate surface area is 107 Å². The van der Waals surface area contributed by atoms with Crippen molar-refractivity contribution < 1.29 is 9.47 Å². The van der Waals surface area contributed by atoms with Crippen LogP contribution < -0.4 is 15.8 Å². The summed E-state index contributed by atoms with van der Waals surface area (Å²) in [7, 11) is 0. The fourth-order valence-corrected chi connectivity index (χ4v) is 1.86. The first-order valence-corrected chi connectivity index (χ1v) is 6.38. The van der Waals surface area contributed by atoms with E-state index >= 15 is 0 Å². The number of nitrogens with zero attached hydrogens (tertiary/aromatic N) is 2. The fourth-order valence-electron chi connectivity index (χ4n) is 1.86. The Morgan fingerprint density at radius 1 is 1.56 bits per heavy atom. The van der Waals surface area contributed by atoms with E-state index in [0.29, 0.717) is 30.6 Å². The van der Waals surface area contributed by atoms with Gasteiger partial charge in [0.2, 0.25) is 5.88 Å². The van der Waals surface area contributed by atoms with Crippen molar-refractivity contribution in [2.45, 2.75) is 32.2 Å². The van der Waals surface area contributed by atoms with E-state index < -0.39 is 0 Å². The zero-order chi connectivity index (χ0) is 12.8. The Kier molecular flexibility index (Phi) is 4.58. The maximum absolute atomic E-state index is 5.99. The lowest BCUT2D eigenvalue weighted by Gasteiger charge is -2.24. The average molecular weight is 252 g/mol. The van der Waals surface area contributed by atoms with E-state index in [1.807, 2.05) is 6.92 Å². The number of hydrogen-bond acceptors (Lipinski definition) is 6. The summed E-state index contributed by atoms with van der Waals surface area (Å²) in [4.78, 5) is 8.20. The molecular formula is C12H20N4O2. The van der Waals surface area contributed by atoms with Gasteiger partial charge in [-0.1, -0.05) is 6.92 Å². The van der Waals surface area contributed by atoms with Gasteiger partial charge in [0.1, 0.15) is 12.0 Å². The van der Waals surface area contributed by atoms with Gasteiger partial charge in [0, 0.05) is 6.61 Å². The van der Waals surface area contributed by atoms with Gasteiger partial charge in [-0.2, -0.15) is 4.98 Å². The van der Waals surface area contributed by atoms with Gasteiger partial charge in [-0.25, -0.2) is 4.98 Å². The van der Waals surface area contributed by atoms with Crippen molar-refractivity contribution in [3.8, 4) is 5.88 Å². The Balaban J connectivity index is 2.02. The molecule has 0 aromatic carbocycles. The summed E-state index contributed by atoms with van der Waals surface area (Å²) in [6, 6.07) is 0.259. The number of nitrogen functional groups attached to an aromatic ring is 1. The maximum Gasteiger partial charge on any atom is 0.242 e. The highest BCUT2D eigenvalue weighted by molar-refractivity contribution is 5.66. The summed E-state index contributed by atoms with van der Waals surface area (Å²) in [6.45, 7) is 4.17. The minimum absolute atomic E-state index is 0.259. The zero-order valence-electron chi connectivity index (χ0n) is 10.7. The van der Waals surface area contributed by atoms with Crippen molar-refractivity contribution in [2.24, 2.45) is 0 Å². The first-order chi connectivity index (χ1) is 8.81. The Morgan fingerprint density at radius 2 is 2.44 bits per heavy atom. The summed E-state index contributed by atoms with van der Waals surface area (Å²) in [5, 5.41) is 3.28. The van der Waals surface area contributed by atoms with E-state index in [1.165, 1.54) is 6.33 Å². The van der Waals surface area contributed by atoms with Gasteiger partial charge in [-0.15, -0.1) is 0 Å². The quantitative estimate of drug-likeness (QED) is 0.825. The summed E-state index contributed by atoms with van der Waals surface area (Å²) < 4.78 is 10.9. The molecule has 0 bridgehead atoms. The number of ether oxygens (including phenoxy) is 2. The molecule has 1 atom stereocenters. The van der Waals surface area contributed by atoms with Gasteiger partial charge in [-0.3, -0.25) is 0 Å². The third kappa shape index (κ3) is 3.22. The van der Waals surface area contributed by atoms with Gasteiger partial charge in [-0.05, 0) is 19.3 Å². The molecule has 1 aromatic rings. The predicted octanol–water partition coefficient (Wildman–Crippen LogP) is 1.44. The number of anilines is 2. The lowest BCUT2D eigenvalue weighted by atomic mass is 10.1. The number of nitrogens with one attached hydrogen (secondary N) is 1. The first-order valence-electron chi connectivity index (χ1n) is 6.38. The highest BCUT2D eigenvalue weighted by Gasteiger charge is 2.17. The van der Waals surface area contributed by atoms with E-state index in [2.05, 4.69) is 15.3 Å². The SMILES string of the molecule is CCCOc1ncnc(NC2CCCOC2)c1N. The second kappa shape index (κ2) is 6.39. The van der Waals surface area contributed by atoms with Crippen molar-refractivity contribution in [1.82, 2.24) is 9.97 Å². The molecule has 2 rings (SSSR count). The Hall–Kier alpha value is -1.56. The lowest BCUT2D eigenvalue weighted by Crippen LogP contribution is -2.30. The van der Waals surface area contributed by atoms with E-state index in [0.717, 1.165) is 25.9 Å². The van der Waals surface area contributed by atoms with E-state index in [4.69, 9.17) is 15.2 Å². The molecule has 18 heavy (non-hydrogen) atoms. The summed E-state index contributed by atoms with van der Waals surface area (Å²) in [5.74, 6) is 1.08. The van der Waals surface area contributed by atoms with Crippen molar-refractivity contribution in [2.75, 3.05) is 30.9 Å². The van der Waals surface area contributed by atoms with Gasteiger partial charge in [0.15, 0.2) is 5.82 Å². The van der Waals surface area contributed by atoms with Crippen LogP contribution in [0.5, 0.6) is 5.88 Å². The van der Waals surface area contributed by atoms with E-state index in [9.17, 15) is 0 Å². The number of rotatable bonds is 5. The van der Waals surface area contributed by atoms with Crippen LogP contribution >= 0.6 is 0 Å². The first kappa shape index (κ1) is 12.9. The summed E-state index contributed by atoms with van der Waals surface area (Å²) in [5.41, 5.74) is 6.46. The second-order valence-corrected chi connectivity index (χ2v) is 4.35. The van der Waals surface area contributed by atoms with Gasteiger partial charge in [0.25, 0.3) is 0 Å². The molecule has 0 saturated carbocycles. The largest absolute Gasteiger partial charge is 0.476 e. The lowest BCUT2D eigenvalue weighted by molar-refractivity contribution is 0.0875. The molecule has 1 aromatic heterocycles. The standard InChI is InChI=1S/C12H20N4O2/c1-2-5-18-12-10(13)11(14-8-15-12)16-9-4-3-6-17-7-9/h8-9H,2-7,13H2,1H3,(H,14,15,16). The second-order valence-electron chi connectivity index (χ2n) is 4.35. The monoisotopic (exact) mass is 252 g/mol. The van der Waals surface area contributed by atoms with Crippen LogP contribution in [-0.2, 0) is 4.74 Å². The van der Waals surface area contributed by atoms with Crippen LogP contribution in [0.3, 0.4) is 0 Å². The normalized spacial score (nSPS) is 19.5. The smallest absolute Gasteiger partial charge is 0.242 e. The Bertz CT molecular complexity index is 380. The van der Waals surface area contributed by atoms with Gasteiger partial charge >= 0.3 is 0 Å². The predicted molar refractivity (Wildman–Crippen MR) is 69.7 cm³/mol. The molecule has 0 radical (unpaired) electrons. The number of hydrogen-bond donors (Lipinski definition) is 2. The van der Waals surface area contributed by atoms with Gasteiger partial charge < -0.3 is 20.5 Å². The molecule has 1 unspecified atom stereocenters. The molecule has 0 amide bonds. The van der Waals surface area contributed by atoms with Crippen molar-refractivity contribution in [3.05, 3.63) is 6.33 Å². The molecule has 0 aliphatic carbocycles. The van der Waals surface area contributed by atoms with Crippen molar-refractivity contribution in [3.63, 3.8) is 0 Å². The average Bonchev–Trinajstić information content (AvgIpc) is 2.41. The summed E-state index contributed by atoms with van der Waals surface area (Å²) >= 11 is 0. The molecule has 0 spiro atoms. The van der Waals surface area contributed by atoms with E-state index in [-0.39, 0.29) is 6.04 Å². The highest BCUT2D eigenvalue weighted by atomic mass is 16.5. The molecule has 1 aliphatic rings. The topological polar surface area (TPSA) is 82.3 Å². The Morgan fingerprint density at radius 3 is 3.17 bits per heavy atom. The van der Waals surface area contributed by atoms with Crippen molar-refractivity contribution >= 4 is 11.5 Å². The van der Waals surface area contributed by atoms with Crippen LogP contribution in [0.2, 0.25) is 0 Å². The third-order valence-electron chi connectivity index (χ3n) is 2.79. The van der Waals surface area contributed by atoms with Crippen LogP contribution in [0.1, 0.15) is 26.2 Å².